The molecule has 6 nitrogen and oxygen atoms in total. The number of nitrogens with one attached hydrogen (secondary N) is 1. The van der Waals surface area contributed by atoms with Crippen LogP contribution in [0.25, 0.3) is 0 Å². The Morgan fingerprint density at radius 3 is 2.44 bits per heavy atom. The molecular formula is C16H17F3N4O2. The van der Waals surface area contributed by atoms with E-state index in [1.807, 2.05) is 0 Å². The van der Waals surface area contributed by atoms with Crippen LogP contribution >= 0.6 is 0 Å². The molecule has 1 N–H and O–H groups in total. The van der Waals surface area contributed by atoms with Gasteiger partial charge in [-0.1, -0.05) is 0 Å². The van der Waals surface area contributed by atoms with Gasteiger partial charge in [0.1, 0.15) is 5.82 Å². The summed E-state index contributed by atoms with van der Waals surface area (Å²) >= 11 is 0. The van der Waals surface area contributed by atoms with Crippen LogP contribution in [-0.4, -0.2) is 37.3 Å². The number of anilines is 3. The van der Waals surface area contributed by atoms with Crippen molar-refractivity contribution in [1.29, 1.82) is 0 Å². The molecule has 0 spiro atoms. The van der Waals surface area contributed by atoms with E-state index in [9.17, 15) is 13.2 Å². The third-order valence-electron chi connectivity index (χ3n) is 3.46. The monoisotopic (exact) mass is 354 g/mol. The number of ether oxygens (including phenoxy) is 2. The second kappa shape index (κ2) is 6.66. The van der Waals surface area contributed by atoms with Crippen molar-refractivity contribution >= 4 is 17.5 Å². The van der Waals surface area contributed by atoms with Crippen LogP contribution in [0.15, 0.2) is 24.3 Å². The Hall–Kier alpha value is -2.71. The first-order valence-corrected chi connectivity index (χ1v) is 7.63. The van der Waals surface area contributed by atoms with Crippen LogP contribution in [0.2, 0.25) is 0 Å². The van der Waals surface area contributed by atoms with Gasteiger partial charge in [-0.05, 0) is 12.1 Å². The lowest BCUT2D eigenvalue weighted by Gasteiger charge is -2.16. The minimum atomic E-state index is -4.56. The van der Waals surface area contributed by atoms with E-state index < -0.39 is 11.9 Å². The molecule has 0 radical (unpaired) electrons. The van der Waals surface area contributed by atoms with E-state index in [4.69, 9.17) is 9.47 Å². The van der Waals surface area contributed by atoms with Gasteiger partial charge in [0.05, 0.1) is 13.2 Å². The summed E-state index contributed by atoms with van der Waals surface area (Å²) in [6.07, 6.45) is -3.80. The zero-order valence-electron chi connectivity index (χ0n) is 13.7. The number of benzene rings is 1. The van der Waals surface area contributed by atoms with E-state index in [2.05, 4.69) is 15.3 Å². The van der Waals surface area contributed by atoms with Gasteiger partial charge < -0.3 is 19.7 Å². The molecule has 0 saturated heterocycles. The maximum Gasteiger partial charge on any atom is 0.433 e. The first-order chi connectivity index (χ1) is 11.8. The van der Waals surface area contributed by atoms with E-state index in [-0.39, 0.29) is 11.8 Å². The van der Waals surface area contributed by atoms with Gasteiger partial charge in [-0.2, -0.15) is 18.2 Å². The molecule has 1 aromatic heterocycles. The first kappa shape index (κ1) is 17.1. The summed E-state index contributed by atoms with van der Waals surface area (Å²) in [5.41, 5.74) is -0.503. The number of halogens is 3. The lowest BCUT2D eigenvalue weighted by atomic mass is 10.2. The van der Waals surface area contributed by atoms with Crippen LogP contribution < -0.4 is 19.7 Å². The largest absolute Gasteiger partial charge is 0.490 e. The Morgan fingerprint density at radius 1 is 1.04 bits per heavy atom. The Morgan fingerprint density at radius 2 is 1.76 bits per heavy atom. The summed E-state index contributed by atoms with van der Waals surface area (Å²) in [5, 5.41) is 2.80. The van der Waals surface area contributed by atoms with Crippen LogP contribution in [0.1, 0.15) is 12.1 Å². The summed E-state index contributed by atoms with van der Waals surface area (Å²) in [5.74, 6) is 1.14. The number of alkyl halides is 3. The molecule has 134 valence electrons. The molecule has 0 saturated carbocycles. The van der Waals surface area contributed by atoms with Crippen LogP contribution in [0.4, 0.5) is 30.6 Å². The minimum absolute atomic E-state index is 0.145. The van der Waals surface area contributed by atoms with Crippen molar-refractivity contribution in [2.75, 3.05) is 37.5 Å². The number of nitrogens with zero attached hydrogens (tertiary/aromatic N) is 3. The van der Waals surface area contributed by atoms with Gasteiger partial charge in [0.25, 0.3) is 0 Å². The highest BCUT2D eigenvalue weighted by atomic mass is 19.4. The van der Waals surface area contributed by atoms with Crippen molar-refractivity contribution in [3.8, 4) is 11.5 Å². The highest BCUT2D eigenvalue weighted by molar-refractivity contribution is 5.61. The average Bonchev–Trinajstić information content (AvgIpc) is 2.78. The SMILES string of the molecule is CN(C)c1cc(C(F)(F)F)nc(Nc2ccc3c(c2)OCCCO3)n1. The maximum absolute atomic E-state index is 13.0. The van der Waals surface area contributed by atoms with Gasteiger partial charge in [0, 0.05) is 38.3 Å². The second-order valence-corrected chi connectivity index (χ2v) is 5.66. The zero-order valence-corrected chi connectivity index (χ0v) is 13.7. The summed E-state index contributed by atoms with van der Waals surface area (Å²) < 4.78 is 50.2. The summed E-state index contributed by atoms with van der Waals surface area (Å²) in [4.78, 5) is 9.15. The van der Waals surface area contributed by atoms with Gasteiger partial charge in [0.2, 0.25) is 5.95 Å². The minimum Gasteiger partial charge on any atom is -0.490 e. The standard InChI is InChI=1S/C16H17F3N4O2/c1-23(2)14-9-13(16(17,18)19)21-15(22-14)20-10-4-5-11-12(8-10)25-7-3-6-24-11/h4-5,8-9H,3,6-7H2,1-2H3,(H,20,21,22). The fourth-order valence-electron chi connectivity index (χ4n) is 2.23. The van der Waals surface area contributed by atoms with Crippen molar-refractivity contribution in [3.05, 3.63) is 30.0 Å². The van der Waals surface area contributed by atoms with Crippen molar-refractivity contribution in [3.63, 3.8) is 0 Å². The highest BCUT2D eigenvalue weighted by Crippen LogP contribution is 2.34. The van der Waals surface area contributed by atoms with Crippen LogP contribution in [0, 0.1) is 0 Å². The topological polar surface area (TPSA) is 59.5 Å². The van der Waals surface area contributed by atoms with Crippen LogP contribution in [0.5, 0.6) is 11.5 Å². The lowest BCUT2D eigenvalue weighted by Crippen LogP contribution is -2.16. The van der Waals surface area contributed by atoms with Crippen molar-refractivity contribution < 1.29 is 22.6 Å². The van der Waals surface area contributed by atoms with Gasteiger partial charge in [-0.25, -0.2) is 4.98 Å². The van der Waals surface area contributed by atoms with E-state index in [0.717, 1.165) is 12.5 Å². The lowest BCUT2D eigenvalue weighted by molar-refractivity contribution is -0.141. The average molecular weight is 354 g/mol. The Kier molecular flexibility index (Phi) is 4.56. The van der Waals surface area contributed by atoms with Crippen LogP contribution in [0.3, 0.4) is 0 Å². The van der Waals surface area contributed by atoms with Gasteiger partial charge in [0.15, 0.2) is 17.2 Å². The molecule has 0 aliphatic carbocycles. The van der Waals surface area contributed by atoms with Gasteiger partial charge in [-0.3, -0.25) is 0 Å². The van der Waals surface area contributed by atoms with Crippen molar-refractivity contribution in [2.45, 2.75) is 12.6 Å². The first-order valence-electron chi connectivity index (χ1n) is 7.63. The molecule has 1 aromatic carbocycles. The predicted octanol–water partition coefficient (Wildman–Crippen LogP) is 3.47. The molecule has 2 aromatic rings. The van der Waals surface area contributed by atoms with E-state index in [1.54, 1.807) is 32.3 Å². The Bertz CT molecular complexity index is 766. The Balaban J connectivity index is 1.92. The number of aromatic nitrogens is 2. The molecular weight excluding hydrogens is 337 g/mol. The van der Waals surface area contributed by atoms with Crippen molar-refractivity contribution in [2.24, 2.45) is 0 Å². The quantitative estimate of drug-likeness (QED) is 0.911. The van der Waals surface area contributed by atoms with E-state index >= 15 is 0 Å². The third-order valence-corrected chi connectivity index (χ3v) is 3.46. The molecule has 0 fully saturated rings. The third kappa shape index (κ3) is 4.04. The van der Waals surface area contributed by atoms with E-state index in [1.165, 1.54) is 4.90 Å². The van der Waals surface area contributed by atoms with Crippen LogP contribution in [-0.2, 0) is 6.18 Å². The van der Waals surface area contributed by atoms with Crippen molar-refractivity contribution in [1.82, 2.24) is 9.97 Å². The predicted molar refractivity (Wildman–Crippen MR) is 86.7 cm³/mol. The fraction of sp³-hybridized carbons (Fsp3) is 0.375. The smallest absolute Gasteiger partial charge is 0.433 e. The molecule has 0 atom stereocenters. The molecule has 3 rings (SSSR count). The highest BCUT2D eigenvalue weighted by Gasteiger charge is 2.34. The number of rotatable bonds is 3. The molecule has 1 aliphatic rings. The molecule has 1 aliphatic heterocycles. The fourth-order valence-corrected chi connectivity index (χ4v) is 2.23. The molecule has 0 unspecified atom stereocenters. The molecule has 9 heteroatoms. The summed E-state index contributed by atoms with van der Waals surface area (Å²) in [7, 11) is 3.22. The molecule has 0 amide bonds. The number of hydrogen-bond acceptors (Lipinski definition) is 6. The van der Waals surface area contributed by atoms with Gasteiger partial charge >= 0.3 is 6.18 Å². The Labute approximate surface area is 142 Å². The molecule has 2 heterocycles. The summed E-state index contributed by atoms with van der Waals surface area (Å²) in [6, 6.07) is 5.93. The normalized spacial score (nSPS) is 14.0. The van der Waals surface area contributed by atoms with E-state index in [0.29, 0.717) is 30.4 Å². The van der Waals surface area contributed by atoms with Gasteiger partial charge in [-0.15, -0.1) is 0 Å². The molecule has 25 heavy (non-hydrogen) atoms. The molecule has 0 bridgehead atoms. The zero-order chi connectivity index (χ0) is 18.0. The second-order valence-electron chi connectivity index (χ2n) is 5.66. The summed E-state index contributed by atoms with van der Waals surface area (Å²) in [6.45, 7) is 1.07. The number of hydrogen-bond donors (Lipinski definition) is 1. The number of fused-ring (bicyclic) bond motifs is 1. The maximum atomic E-state index is 13.0.